The molecule has 0 fully saturated rings. The number of carbonyl (C=O) groups excluding carboxylic acids is 1. The van der Waals surface area contributed by atoms with Gasteiger partial charge in [0.25, 0.3) is 5.91 Å². The minimum atomic E-state index is -0.335. The molecular weight excluding hydrogens is 237 g/mol. The molecule has 0 aliphatic heterocycles. The van der Waals surface area contributed by atoms with E-state index in [1.807, 2.05) is 0 Å². The van der Waals surface area contributed by atoms with E-state index >= 15 is 0 Å². The highest BCUT2D eigenvalue weighted by atomic mass is 19.1. The van der Waals surface area contributed by atoms with E-state index in [4.69, 9.17) is 10.9 Å². The van der Waals surface area contributed by atoms with Gasteiger partial charge >= 0.3 is 0 Å². The molecule has 18 heavy (non-hydrogen) atoms. The number of oxime groups is 1. The topological polar surface area (TPSA) is 87.7 Å². The van der Waals surface area contributed by atoms with E-state index < -0.39 is 0 Å². The van der Waals surface area contributed by atoms with Crippen molar-refractivity contribution in [3.05, 3.63) is 35.1 Å². The molecule has 98 valence electrons. The Bertz CT molecular complexity index is 461. The smallest absolute Gasteiger partial charge is 0.251 e. The summed E-state index contributed by atoms with van der Waals surface area (Å²) >= 11 is 0. The molecule has 0 spiro atoms. The number of nitrogens with zero attached hydrogens (tertiary/aromatic N) is 1. The van der Waals surface area contributed by atoms with Crippen molar-refractivity contribution in [2.24, 2.45) is 10.9 Å². The van der Waals surface area contributed by atoms with Gasteiger partial charge in [-0.25, -0.2) is 4.39 Å². The summed E-state index contributed by atoms with van der Waals surface area (Å²) in [7, 11) is 0. The average Bonchev–Trinajstić information content (AvgIpc) is 2.37. The highest BCUT2D eigenvalue weighted by Crippen LogP contribution is 2.09. The van der Waals surface area contributed by atoms with Crippen LogP contribution in [0.3, 0.4) is 0 Å². The highest BCUT2D eigenvalue weighted by Gasteiger charge is 2.07. The predicted octanol–water partition coefficient (Wildman–Crippen LogP) is 1.39. The lowest BCUT2D eigenvalue weighted by atomic mass is 10.1. The fourth-order valence-electron chi connectivity index (χ4n) is 1.41. The first-order valence-electron chi connectivity index (χ1n) is 5.55. The molecule has 0 aromatic heterocycles. The zero-order valence-corrected chi connectivity index (χ0v) is 10.1. The molecule has 0 heterocycles. The predicted molar refractivity (Wildman–Crippen MR) is 66.1 cm³/mol. The highest BCUT2D eigenvalue weighted by molar-refractivity contribution is 5.94. The standard InChI is InChI=1S/C12H16FN3O2/c1-8-7-9(4-5-10(8)13)12(17)15-6-2-3-11(14)16-18/h4-5,7,18H,2-3,6H2,1H3,(H2,14,16)(H,15,17). The number of benzene rings is 1. The van der Waals surface area contributed by atoms with Crippen molar-refractivity contribution in [2.75, 3.05) is 6.54 Å². The Hall–Kier alpha value is -2.11. The third kappa shape index (κ3) is 4.04. The Morgan fingerprint density at radius 1 is 1.56 bits per heavy atom. The molecular formula is C12H16FN3O2. The Kier molecular flexibility index (Phi) is 5.10. The summed E-state index contributed by atoms with van der Waals surface area (Å²) in [6.07, 6.45) is 0.973. The fourth-order valence-corrected chi connectivity index (χ4v) is 1.41. The van der Waals surface area contributed by atoms with Gasteiger partial charge in [0.2, 0.25) is 0 Å². The maximum Gasteiger partial charge on any atom is 0.251 e. The molecule has 1 aromatic carbocycles. The van der Waals surface area contributed by atoms with E-state index in [2.05, 4.69) is 10.5 Å². The molecule has 0 aliphatic carbocycles. The first kappa shape index (κ1) is 14.0. The SMILES string of the molecule is Cc1cc(C(=O)NCCCC(N)=NO)ccc1F. The van der Waals surface area contributed by atoms with Gasteiger partial charge in [-0.15, -0.1) is 0 Å². The van der Waals surface area contributed by atoms with Crippen LogP contribution in [0.4, 0.5) is 4.39 Å². The molecule has 0 atom stereocenters. The Balaban J connectivity index is 2.43. The van der Waals surface area contributed by atoms with Gasteiger partial charge in [-0.3, -0.25) is 4.79 Å². The third-order valence-electron chi connectivity index (χ3n) is 2.44. The van der Waals surface area contributed by atoms with Crippen LogP contribution in [0.15, 0.2) is 23.4 Å². The molecule has 1 rings (SSSR count). The number of halogens is 1. The van der Waals surface area contributed by atoms with Crippen LogP contribution in [0.1, 0.15) is 28.8 Å². The second-order valence-corrected chi connectivity index (χ2v) is 3.91. The van der Waals surface area contributed by atoms with E-state index in [1.165, 1.54) is 18.2 Å². The molecule has 0 unspecified atom stereocenters. The van der Waals surface area contributed by atoms with Crippen LogP contribution < -0.4 is 11.1 Å². The second kappa shape index (κ2) is 6.58. The van der Waals surface area contributed by atoms with E-state index in [9.17, 15) is 9.18 Å². The summed E-state index contributed by atoms with van der Waals surface area (Å²) in [5.74, 6) is -0.474. The van der Waals surface area contributed by atoms with Crippen molar-refractivity contribution < 1.29 is 14.4 Å². The number of aryl methyl sites for hydroxylation is 1. The normalized spacial score (nSPS) is 11.3. The summed E-state index contributed by atoms with van der Waals surface area (Å²) in [5.41, 5.74) is 6.13. The van der Waals surface area contributed by atoms with Crippen LogP contribution in [0, 0.1) is 12.7 Å². The number of hydrogen-bond donors (Lipinski definition) is 3. The average molecular weight is 253 g/mol. The summed E-state index contributed by atoms with van der Waals surface area (Å²) in [6.45, 7) is 2.01. The van der Waals surface area contributed by atoms with Crippen LogP contribution in [-0.4, -0.2) is 23.5 Å². The van der Waals surface area contributed by atoms with Gasteiger partial charge in [-0.2, -0.15) is 0 Å². The molecule has 1 amide bonds. The van der Waals surface area contributed by atoms with Gasteiger partial charge in [0.05, 0.1) is 0 Å². The minimum absolute atomic E-state index is 0.127. The summed E-state index contributed by atoms with van der Waals surface area (Å²) in [5, 5.41) is 13.8. The van der Waals surface area contributed by atoms with Gasteiger partial charge in [0.1, 0.15) is 11.7 Å². The molecule has 5 nitrogen and oxygen atoms in total. The van der Waals surface area contributed by atoms with Crippen molar-refractivity contribution in [1.82, 2.24) is 5.32 Å². The number of rotatable bonds is 5. The molecule has 6 heteroatoms. The van der Waals surface area contributed by atoms with Crippen molar-refractivity contribution in [2.45, 2.75) is 19.8 Å². The van der Waals surface area contributed by atoms with E-state index in [0.717, 1.165) is 0 Å². The van der Waals surface area contributed by atoms with Crippen molar-refractivity contribution >= 4 is 11.7 Å². The van der Waals surface area contributed by atoms with Crippen LogP contribution in [0.2, 0.25) is 0 Å². The lowest BCUT2D eigenvalue weighted by Crippen LogP contribution is -2.25. The zero-order valence-electron chi connectivity index (χ0n) is 10.1. The number of nitrogens with two attached hydrogens (primary N) is 1. The first-order chi connectivity index (χ1) is 8.54. The summed E-state index contributed by atoms with van der Waals surface area (Å²) < 4.78 is 13.0. The Labute approximate surface area is 104 Å². The van der Waals surface area contributed by atoms with Crippen molar-refractivity contribution in [1.29, 1.82) is 0 Å². The van der Waals surface area contributed by atoms with Gasteiger partial charge < -0.3 is 16.3 Å². The summed E-state index contributed by atoms with van der Waals surface area (Å²) in [4.78, 5) is 11.7. The lowest BCUT2D eigenvalue weighted by molar-refractivity contribution is 0.0953. The maximum atomic E-state index is 13.0. The monoisotopic (exact) mass is 253 g/mol. The number of hydrogen-bond acceptors (Lipinski definition) is 3. The second-order valence-electron chi connectivity index (χ2n) is 3.91. The van der Waals surface area contributed by atoms with Gasteiger partial charge in [-0.05, 0) is 37.1 Å². The van der Waals surface area contributed by atoms with E-state index in [0.29, 0.717) is 30.5 Å². The van der Waals surface area contributed by atoms with Gasteiger partial charge in [0, 0.05) is 18.5 Å². The Morgan fingerprint density at radius 2 is 2.28 bits per heavy atom. The van der Waals surface area contributed by atoms with Crippen molar-refractivity contribution in [3.8, 4) is 0 Å². The van der Waals surface area contributed by atoms with Gasteiger partial charge in [0.15, 0.2) is 0 Å². The van der Waals surface area contributed by atoms with Crippen LogP contribution in [0.25, 0.3) is 0 Å². The first-order valence-corrected chi connectivity index (χ1v) is 5.55. The third-order valence-corrected chi connectivity index (χ3v) is 2.44. The Morgan fingerprint density at radius 3 is 2.89 bits per heavy atom. The van der Waals surface area contributed by atoms with E-state index in [1.54, 1.807) is 6.92 Å². The van der Waals surface area contributed by atoms with Crippen LogP contribution >= 0.6 is 0 Å². The minimum Gasteiger partial charge on any atom is -0.409 e. The molecule has 0 radical (unpaired) electrons. The molecule has 1 aromatic rings. The number of amidine groups is 1. The van der Waals surface area contributed by atoms with E-state index in [-0.39, 0.29) is 17.6 Å². The number of amides is 1. The summed E-state index contributed by atoms with van der Waals surface area (Å²) in [6, 6.07) is 4.19. The lowest BCUT2D eigenvalue weighted by Gasteiger charge is -2.06. The van der Waals surface area contributed by atoms with Crippen LogP contribution in [0.5, 0.6) is 0 Å². The zero-order chi connectivity index (χ0) is 13.5. The van der Waals surface area contributed by atoms with Crippen molar-refractivity contribution in [3.63, 3.8) is 0 Å². The van der Waals surface area contributed by atoms with Crippen LogP contribution in [-0.2, 0) is 0 Å². The molecule has 0 aliphatic rings. The number of nitrogens with one attached hydrogen (secondary N) is 1. The largest absolute Gasteiger partial charge is 0.409 e. The molecule has 0 saturated carbocycles. The number of carbonyl (C=O) groups is 1. The molecule has 4 N–H and O–H groups in total. The quantitative estimate of drug-likeness (QED) is 0.243. The fraction of sp³-hybridized carbons (Fsp3) is 0.333. The molecule has 0 saturated heterocycles. The maximum absolute atomic E-state index is 13.0. The molecule has 0 bridgehead atoms. The van der Waals surface area contributed by atoms with Gasteiger partial charge in [-0.1, -0.05) is 5.16 Å².